The van der Waals surface area contributed by atoms with Crippen LogP contribution >= 0.6 is 0 Å². The fourth-order valence-corrected chi connectivity index (χ4v) is 7.47. The van der Waals surface area contributed by atoms with E-state index < -0.39 is 0 Å². The molecule has 0 aromatic rings. The Balaban J connectivity index is 1.66. The second kappa shape index (κ2) is 5.10. The third-order valence-electron chi connectivity index (χ3n) is 8.83. The topological polar surface area (TPSA) is 26.0 Å². The molecule has 0 aromatic carbocycles. The molecule has 0 bridgehead atoms. The van der Waals surface area contributed by atoms with Gasteiger partial charge in [-0.15, -0.1) is 0 Å². The summed E-state index contributed by atoms with van der Waals surface area (Å²) in [6, 6.07) is 0.431. The lowest BCUT2D eigenvalue weighted by Crippen LogP contribution is -2.50. The highest BCUT2D eigenvalue weighted by Crippen LogP contribution is 2.66. The van der Waals surface area contributed by atoms with Crippen LogP contribution in [0.4, 0.5) is 0 Å². The fourth-order valence-electron chi connectivity index (χ4n) is 7.47. The van der Waals surface area contributed by atoms with Gasteiger partial charge >= 0.3 is 0 Å². The first-order chi connectivity index (χ1) is 10.5. The molecule has 124 valence electrons. The predicted molar refractivity (Wildman–Crippen MR) is 93.5 cm³/mol. The Morgan fingerprint density at radius 2 is 1.91 bits per heavy atom. The van der Waals surface area contributed by atoms with Gasteiger partial charge < -0.3 is 5.73 Å². The highest BCUT2D eigenvalue weighted by molar-refractivity contribution is 5.25. The van der Waals surface area contributed by atoms with E-state index in [1.807, 2.05) is 0 Å². The summed E-state index contributed by atoms with van der Waals surface area (Å²) in [6.07, 6.45) is 15.2. The van der Waals surface area contributed by atoms with Crippen LogP contribution < -0.4 is 5.73 Å². The lowest BCUT2D eigenvalue weighted by Gasteiger charge is -2.58. The Bertz CT molecular complexity index is 480. The molecule has 0 aromatic heterocycles. The molecular formula is C21H35N. The Morgan fingerprint density at radius 1 is 1.09 bits per heavy atom. The molecule has 0 amide bonds. The first-order valence-corrected chi connectivity index (χ1v) is 9.94. The maximum atomic E-state index is 6.27. The summed E-state index contributed by atoms with van der Waals surface area (Å²) in [4.78, 5) is 0. The van der Waals surface area contributed by atoms with Crippen LogP contribution in [0.15, 0.2) is 11.6 Å². The summed E-state index contributed by atoms with van der Waals surface area (Å²) in [5.41, 5.74) is 9.15. The Kier molecular flexibility index (Phi) is 3.53. The van der Waals surface area contributed by atoms with E-state index in [-0.39, 0.29) is 0 Å². The van der Waals surface area contributed by atoms with E-state index in [2.05, 4.69) is 26.8 Å². The van der Waals surface area contributed by atoms with Crippen molar-refractivity contribution < 1.29 is 0 Å². The van der Waals surface area contributed by atoms with Gasteiger partial charge in [0.05, 0.1) is 0 Å². The minimum Gasteiger partial charge on any atom is -0.327 e. The Labute approximate surface area is 137 Å². The summed E-state index contributed by atoms with van der Waals surface area (Å²) in [5.74, 6) is 3.92. The van der Waals surface area contributed by atoms with E-state index in [0.29, 0.717) is 16.9 Å². The van der Waals surface area contributed by atoms with Crippen molar-refractivity contribution in [3.63, 3.8) is 0 Å². The van der Waals surface area contributed by atoms with Crippen LogP contribution in [0.25, 0.3) is 0 Å². The van der Waals surface area contributed by atoms with Crippen molar-refractivity contribution in [1.29, 1.82) is 0 Å². The van der Waals surface area contributed by atoms with Crippen LogP contribution in [0, 0.1) is 34.5 Å². The summed E-state index contributed by atoms with van der Waals surface area (Å²) in [7, 11) is 0. The normalized spacial score (nSPS) is 54.2. The number of hydrogen-bond donors (Lipinski definition) is 1. The van der Waals surface area contributed by atoms with Crippen molar-refractivity contribution in [2.45, 2.75) is 84.6 Å². The zero-order valence-electron chi connectivity index (χ0n) is 14.9. The van der Waals surface area contributed by atoms with Crippen LogP contribution in [-0.2, 0) is 0 Å². The van der Waals surface area contributed by atoms with E-state index in [1.165, 1.54) is 57.8 Å². The van der Waals surface area contributed by atoms with Gasteiger partial charge in [-0.05, 0) is 85.9 Å². The van der Waals surface area contributed by atoms with Crippen molar-refractivity contribution in [3.05, 3.63) is 11.6 Å². The van der Waals surface area contributed by atoms with Gasteiger partial charge in [0.25, 0.3) is 0 Å². The zero-order chi connectivity index (χ0) is 15.5. The van der Waals surface area contributed by atoms with E-state index in [9.17, 15) is 0 Å². The fraction of sp³-hybridized carbons (Fsp3) is 0.905. The Morgan fingerprint density at radius 3 is 2.68 bits per heavy atom. The number of fused-ring (bicyclic) bond motifs is 5. The molecule has 4 aliphatic rings. The highest BCUT2D eigenvalue weighted by Gasteiger charge is 2.57. The SMILES string of the molecule is CC[C@H]1CC[C@H]2[C@@H]3CC=C4C[C@H](N)CC[C@]4(C)[C@H]3CC[C@]12C. The van der Waals surface area contributed by atoms with Gasteiger partial charge in [0.15, 0.2) is 0 Å². The van der Waals surface area contributed by atoms with Gasteiger partial charge in [-0.25, -0.2) is 0 Å². The molecule has 3 saturated carbocycles. The summed E-state index contributed by atoms with van der Waals surface area (Å²) in [6.45, 7) is 7.66. The molecule has 4 aliphatic carbocycles. The van der Waals surface area contributed by atoms with Crippen molar-refractivity contribution in [1.82, 2.24) is 0 Å². The molecule has 4 rings (SSSR count). The molecule has 1 heteroatoms. The highest BCUT2D eigenvalue weighted by atomic mass is 14.7. The average molecular weight is 302 g/mol. The molecule has 7 atom stereocenters. The largest absolute Gasteiger partial charge is 0.327 e. The zero-order valence-corrected chi connectivity index (χ0v) is 14.9. The molecule has 0 aliphatic heterocycles. The summed E-state index contributed by atoms with van der Waals surface area (Å²) >= 11 is 0. The van der Waals surface area contributed by atoms with Crippen LogP contribution in [0.3, 0.4) is 0 Å². The van der Waals surface area contributed by atoms with Crippen molar-refractivity contribution in [2.75, 3.05) is 0 Å². The minimum atomic E-state index is 0.431. The van der Waals surface area contributed by atoms with Crippen LogP contribution in [0.1, 0.15) is 78.6 Å². The molecule has 0 saturated heterocycles. The predicted octanol–water partition coefficient (Wildman–Crippen LogP) is 5.30. The molecular weight excluding hydrogens is 266 g/mol. The molecule has 3 fully saturated rings. The van der Waals surface area contributed by atoms with Gasteiger partial charge in [-0.1, -0.05) is 38.8 Å². The average Bonchev–Trinajstić information content (AvgIpc) is 2.84. The molecule has 2 N–H and O–H groups in total. The second-order valence-electron chi connectivity index (χ2n) is 9.49. The first-order valence-electron chi connectivity index (χ1n) is 9.94. The van der Waals surface area contributed by atoms with Crippen LogP contribution in [0.2, 0.25) is 0 Å². The first kappa shape index (κ1) is 15.2. The quantitative estimate of drug-likeness (QED) is 0.653. The molecule has 1 nitrogen and oxygen atoms in total. The molecule has 0 heterocycles. The van der Waals surface area contributed by atoms with E-state index in [1.54, 1.807) is 5.57 Å². The van der Waals surface area contributed by atoms with Crippen molar-refractivity contribution >= 4 is 0 Å². The van der Waals surface area contributed by atoms with Gasteiger partial charge in [0.2, 0.25) is 0 Å². The number of nitrogens with two attached hydrogens (primary N) is 1. The van der Waals surface area contributed by atoms with Gasteiger partial charge in [-0.3, -0.25) is 0 Å². The molecule has 0 spiro atoms. The van der Waals surface area contributed by atoms with E-state index >= 15 is 0 Å². The number of rotatable bonds is 1. The standard InChI is InChI=1S/C21H35N/c1-4-14-6-8-18-17-7-5-15-13-16(22)9-11-21(15,3)19(17)10-12-20(14,18)2/h5,14,16-19H,4,6-13,22H2,1-3H3/t14-,16+,17-,18-,19-,20+,21-/m0/s1. The molecule has 22 heavy (non-hydrogen) atoms. The molecule has 0 unspecified atom stereocenters. The number of allylic oxidation sites excluding steroid dienone is 1. The van der Waals surface area contributed by atoms with E-state index in [4.69, 9.17) is 5.73 Å². The lowest BCUT2D eigenvalue weighted by atomic mass is 9.47. The molecule has 0 radical (unpaired) electrons. The summed E-state index contributed by atoms with van der Waals surface area (Å²) in [5, 5.41) is 0. The third kappa shape index (κ3) is 1.93. The lowest BCUT2D eigenvalue weighted by molar-refractivity contribution is -0.0424. The monoisotopic (exact) mass is 301 g/mol. The maximum absolute atomic E-state index is 6.27. The van der Waals surface area contributed by atoms with Crippen LogP contribution in [-0.4, -0.2) is 6.04 Å². The Hall–Kier alpha value is -0.300. The number of hydrogen-bond acceptors (Lipinski definition) is 1. The summed E-state index contributed by atoms with van der Waals surface area (Å²) < 4.78 is 0. The van der Waals surface area contributed by atoms with Crippen molar-refractivity contribution in [3.8, 4) is 0 Å². The van der Waals surface area contributed by atoms with Gasteiger partial charge in [0.1, 0.15) is 0 Å². The maximum Gasteiger partial charge on any atom is 0.00766 e. The second-order valence-corrected chi connectivity index (χ2v) is 9.49. The third-order valence-corrected chi connectivity index (χ3v) is 8.83. The van der Waals surface area contributed by atoms with Crippen molar-refractivity contribution in [2.24, 2.45) is 40.2 Å². The van der Waals surface area contributed by atoms with Gasteiger partial charge in [0, 0.05) is 6.04 Å². The smallest absolute Gasteiger partial charge is 0.00766 e. The van der Waals surface area contributed by atoms with Crippen LogP contribution in [0.5, 0.6) is 0 Å². The minimum absolute atomic E-state index is 0.431. The van der Waals surface area contributed by atoms with Gasteiger partial charge in [-0.2, -0.15) is 0 Å². The van der Waals surface area contributed by atoms with E-state index in [0.717, 1.165) is 23.7 Å².